The first-order valence-corrected chi connectivity index (χ1v) is 15.7. The molecule has 1 aromatic rings. The molecule has 38 heavy (non-hydrogen) atoms. The molecule has 0 radical (unpaired) electrons. The van der Waals surface area contributed by atoms with Crippen molar-refractivity contribution in [3.8, 4) is 5.75 Å². The molecule has 0 aromatic heterocycles. The number of nitrogens with zero attached hydrogens (tertiary/aromatic N) is 1. The molecule has 0 unspecified atom stereocenters. The van der Waals surface area contributed by atoms with Crippen LogP contribution in [0.15, 0.2) is 36.4 Å². The highest BCUT2D eigenvalue weighted by Gasteiger charge is 2.08. The molecule has 0 atom stereocenters. The quantitative estimate of drug-likeness (QED) is 0.0299. The Kier molecular flexibility index (Phi) is 22.4. The van der Waals surface area contributed by atoms with Gasteiger partial charge in [-0.25, -0.2) is 0 Å². The lowest BCUT2D eigenvalue weighted by Gasteiger charge is -2.04. The molecule has 5 heteroatoms. The number of carbonyl (C=O) groups is 1. The van der Waals surface area contributed by atoms with Gasteiger partial charge in [0.15, 0.2) is 0 Å². The number of allylic oxidation sites excluding steroid dienone is 2. The summed E-state index contributed by atoms with van der Waals surface area (Å²) in [4.78, 5) is 22.1. The van der Waals surface area contributed by atoms with Crippen molar-refractivity contribution in [1.29, 1.82) is 0 Å². The topological polar surface area (TPSA) is 69.4 Å². The maximum absolute atomic E-state index is 11.9. The van der Waals surface area contributed by atoms with Crippen LogP contribution in [0, 0.1) is 10.1 Å². The monoisotopic (exact) mass is 529 g/mol. The molecular weight excluding hydrogens is 474 g/mol. The van der Waals surface area contributed by atoms with Gasteiger partial charge in [-0.2, -0.15) is 0 Å². The molecule has 0 aliphatic rings. The second-order valence-electron chi connectivity index (χ2n) is 10.7. The highest BCUT2D eigenvalue weighted by atomic mass is 16.6. The zero-order valence-electron chi connectivity index (χ0n) is 24.3. The van der Waals surface area contributed by atoms with Crippen LogP contribution in [0.3, 0.4) is 0 Å². The van der Waals surface area contributed by atoms with Crippen LogP contribution in [0.1, 0.15) is 155 Å². The molecule has 0 aliphatic heterocycles. The van der Waals surface area contributed by atoms with E-state index in [0.717, 1.165) is 19.3 Å². The number of nitro groups is 1. The van der Waals surface area contributed by atoms with E-state index in [2.05, 4.69) is 19.1 Å². The summed E-state index contributed by atoms with van der Waals surface area (Å²) in [5.41, 5.74) is -0.00897. The Bertz CT molecular complexity index is 729. The lowest BCUT2D eigenvalue weighted by molar-refractivity contribution is -0.384. The zero-order valence-corrected chi connectivity index (χ0v) is 24.3. The van der Waals surface area contributed by atoms with Gasteiger partial charge in [0.2, 0.25) is 0 Å². The lowest BCUT2D eigenvalue weighted by atomic mass is 10.0. The van der Waals surface area contributed by atoms with Gasteiger partial charge in [-0.1, -0.05) is 128 Å². The van der Waals surface area contributed by atoms with E-state index in [1.807, 2.05) is 0 Å². The normalized spacial score (nSPS) is 11.3. The first-order valence-electron chi connectivity index (χ1n) is 15.7. The van der Waals surface area contributed by atoms with Crippen LogP contribution in [-0.2, 0) is 4.79 Å². The van der Waals surface area contributed by atoms with Crippen LogP contribution in [-0.4, -0.2) is 10.9 Å². The molecule has 0 saturated carbocycles. The summed E-state index contributed by atoms with van der Waals surface area (Å²) in [5, 5.41) is 10.7. The van der Waals surface area contributed by atoms with E-state index in [1.54, 1.807) is 0 Å². The Morgan fingerprint density at radius 1 is 0.658 bits per heavy atom. The van der Waals surface area contributed by atoms with Crippen LogP contribution in [0.4, 0.5) is 5.69 Å². The Morgan fingerprint density at radius 3 is 1.47 bits per heavy atom. The second kappa shape index (κ2) is 25.1. The highest BCUT2D eigenvalue weighted by Crippen LogP contribution is 2.18. The SMILES string of the molecule is CCCCCCCCCCCCCCCC/C=C\CCCCCCCCC(=O)Oc1ccc([N+](=O)[O-])cc1. The molecule has 0 amide bonds. The van der Waals surface area contributed by atoms with E-state index >= 15 is 0 Å². The van der Waals surface area contributed by atoms with Gasteiger partial charge >= 0.3 is 5.97 Å². The van der Waals surface area contributed by atoms with Crippen LogP contribution in [0.2, 0.25) is 0 Å². The smallest absolute Gasteiger partial charge is 0.311 e. The van der Waals surface area contributed by atoms with E-state index in [-0.39, 0.29) is 11.7 Å². The third kappa shape index (κ3) is 20.8. The minimum absolute atomic E-state index is 0.00897. The maximum atomic E-state index is 11.9. The van der Waals surface area contributed by atoms with Gasteiger partial charge in [0.25, 0.3) is 5.69 Å². The van der Waals surface area contributed by atoms with E-state index < -0.39 is 4.92 Å². The third-order valence-electron chi connectivity index (χ3n) is 7.17. The minimum atomic E-state index is -0.469. The van der Waals surface area contributed by atoms with Gasteiger partial charge in [0.05, 0.1) is 4.92 Å². The third-order valence-corrected chi connectivity index (χ3v) is 7.17. The average Bonchev–Trinajstić information content (AvgIpc) is 2.91. The Balaban J connectivity index is 1.79. The first kappa shape index (κ1) is 33.9. The number of ether oxygens (including phenoxy) is 1. The summed E-state index contributed by atoms with van der Waals surface area (Å²) in [6.07, 6.45) is 34.1. The van der Waals surface area contributed by atoms with Crippen molar-refractivity contribution in [2.24, 2.45) is 0 Å². The van der Waals surface area contributed by atoms with E-state index in [1.165, 1.54) is 146 Å². The fourth-order valence-corrected chi connectivity index (χ4v) is 4.75. The standard InChI is InChI=1S/C33H55NO4/c1-2-3-4-5-6-7-8-9-10-11-12-13-14-15-16-17-18-19-20-21-22-23-24-25-26-33(35)38-32-29-27-31(28-30-32)34(36)37/h17-18,27-30H,2-16,19-26H2,1H3/b18-17-. The molecule has 1 rings (SSSR count). The predicted molar refractivity (Wildman–Crippen MR) is 160 cm³/mol. The van der Waals surface area contributed by atoms with Crippen molar-refractivity contribution in [2.45, 2.75) is 155 Å². The molecule has 0 saturated heterocycles. The van der Waals surface area contributed by atoms with Crippen molar-refractivity contribution in [3.63, 3.8) is 0 Å². The Labute approximate surface area is 233 Å². The summed E-state index contributed by atoms with van der Waals surface area (Å²) in [6.45, 7) is 2.28. The fraction of sp³-hybridized carbons (Fsp3) is 0.727. The van der Waals surface area contributed by atoms with Gasteiger partial charge in [-0.15, -0.1) is 0 Å². The number of hydrogen-bond acceptors (Lipinski definition) is 4. The van der Waals surface area contributed by atoms with Gasteiger partial charge in [-0.3, -0.25) is 14.9 Å². The molecular formula is C33H55NO4. The minimum Gasteiger partial charge on any atom is -0.427 e. The Morgan fingerprint density at radius 2 is 1.05 bits per heavy atom. The van der Waals surface area contributed by atoms with Crippen molar-refractivity contribution in [3.05, 3.63) is 46.5 Å². The van der Waals surface area contributed by atoms with Crippen LogP contribution >= 0.6 is 0 Å². The zero-order chi connectivity index (χ0) is 27.5. The molecule has 0 aliphatic carbocycles. The fourth-order valence-electron chi connectivity index (χ4n) is 4.75. The molecule has 0 fully saturated rings. The van der Waals surface area contributed by atoms with Gasteiger partial charge in [-0.05, 0) is 44.2 Å². The molecule has 216 valence electrons. The molecule has 0 heterocycles. The molecule has 1 aromatic carbocycles. The molecule has 0 bridgehead atoms. The van der Waals surface area contributed by atoms with Crippen molar-refractivity contribution in [1.82, 2.24) is 0 Å². The van der Waals surface area contributed by atoms with E-state index in [9.17, 15) is 14.9 Å². The first-order chi connectivity index (χ1) is 18.6. The number of nitro benzene ring substituents is 1. The predicted octanol–water partition coefficient (Wildman–Crippen LogP) is 11.0. The highest BCUT2D eigenvalue weighted by molar-refractivity contribution is 5.72. The van der Waals surface area contributed by atoms with Crippen LogP contribution < -0.4 is 4.74 Å². The number of carbonyl (C=O) groups excluding carboxylic acids is 1. The van der Waals surface area contributed by atoms with Crippen LogP contribution in [0.25, 0.3) is 0 Å². The Hall–Kier alpha value is -2.17. The lowest BCUT2D eigenvalue weighted by Crippen LogP contribution is -2.07. The number of non-ortho nitro benzene ring substituents is 1. The van der Waals surface area contributed by atoms with Gasteiger partial charge < -0.3 is 4.74 Å². The summed E-state index contributed by atoms with van der Waals surface area (Å²) in [6, 6.07) is 5.62. The number of hydrogen-bond donors (Lipinski definition) is 0. The number of rotatable bonds is 26. The molecule has 5 nitrogen and oxygen atoms in total. The maximum Gasteiger partial charge on any atom is 0.311 e. The summed E-state index contributed by atoms with van der Waals surface area (Å²) >= 11 is 0. The number of unbranched alkanes of at least 4 members (excludes halogenated alkanes) is 20. The van der Waals surface area contributed by atoms with Crippen molar-refractivity contribution < 1.29 is 14.5 Å². The number of esters is 1. The summed E-state index contributed by atoms with van der Waals surface area (Å²) in [7, 11) is 0. The summed E-state index contributed by atoms with van der Waals surface area (Å²) < 4.78 is 5.23. The largest absolute Gasteiger partial charge is 0.427 e. The molecule has 0 N–H and O–H groups in total. The second-order valence-corrected chi connectivity index (χ2v) is 10.7. The molecule has 0 spiro atoms. The van der Waals surface area contributed by atoms with Gasteiger partial charge in [0, 0.05) is 18.6 Å². The van der Waals surface area contributed by atoms with Crippen molar-refractivity contribution in [2.75, 3.05) is 0 Å². The van der Waals surface area contributed by atoms with E-state index in [0.29, 0.717) is 12.2 Å². The van der Waals surface area contributed by atoms with Crippen molar-refractivity contribution >= 4 is 11.7 Å². The number of benzene rings is 1. The van der Waals surface area contributed by atoms with Crippen LogP contribution in [0.5, 0.6) is 5.75 Å². The average molecular weight is 530 g/mol. The van der Waals surface area contributed by atoms with Gasteiger partial charge in [0.1, 0.15) is 5.75 Å². The summed E-state index contributed by atoms with van der Waals surface area (Å²) in [5.74, 6) is 0.0841. The van der Waals surface area contributed by atoms with E-state index in [4.69, 9.17) is 4.74 Å².